The SMILES string of the molecule is CC/C=C\C/C=C\C/C=C\C/C=C\C/C=C\CCCC(=O)O[C@H](COC(=O)CC/C=C\C/C=C\C/C=C\C/C=C\C/C=C\CCCCC)COC(=O)CCCCC/C=C\C/C=C\C/C=C\C/C=C\CCCCC. The number of carbonyl (C=O) groups excluding carboxylic acids is 3. The lowest BCUT2D eigenvalue weighted by atomic mass is 10.1. The molecule has 0 rings (SSSR count). The van der Waals surface area contributed by atoms with Gasteiger partial charge in [0.25, 0.3) is 0 Å². The molecule has 0 saturated heterocycles. The average molecular weight is 1000 g/mol. The van der Waals surface area contributed by atoms with E-state index in [-0.39, 0.29) is 44.4 Å². The first-order valence-electron chi connectivity index (χ1n) is 28.6. The van der Waals surface area contributed by atoms with Crippen molar-refractivity contribution >= 4 is 17.9 Å². The number of carbonyl (C=O) groups is 3. The Hall–Kier alpha value is -5.23. The predicted molar refractivity (Wildman–Crippen MR) is 315 cm³/mol. The van der Waals surface area contributed by atoms with E-state index < -0.39 is 12.1 Å². The number of hydrogen-bond acceptors (Lipinski definition) is 6. The molecule has 0 amide bonds. The quantitative estimate of drug-likeness (QED) is 0.0261. The van der Waals surface area contributed by atoms with Crippen LogP contribution in [0.5, 0.6) is 0 Å². The molecule has 73 heavy (non-hydrogen) atoms. The second-order valence-corrected chi connectivity index (χ2v) is 18.1. The van der Waals surface area contributed by atoms with Crippen LogP contribution in [0, 0.1) is 0 Å². The molecule has 0 fully saturated rings. The molecule has 0 aliphatic heterocycles. The zero-order valence-corrected chi connectivity index (χ0v) is 46.3. The lowest BCUT2D eigenvalue weighted by molar-refractivity contribution is -0.166. The lowest BCUT2D eigenvalue weighted by Gasteiger charge is -2.18. The third-order valence-electron chi connectivity index (χ3n) is 11.2. The van der Waals surface area contributed by atoms with Crippen LogP contribution >= 0.6 is 0 Å². The van der Waals surface area contributed by atoms with E-state index in [0.29, 0.717) is 12.8 Å². The topological polar surface area (TPSA) is 78.9 Å². The highest BCUT2D eigenvalue weighted by Crippen LogP contribution is 2.10. The van der Waals surface area contributed by atoms with Gasteiger partial charge in [-0.15, -0.1) is 0 Å². The largest absolute Gasteiger partial charge is 0.462 e. The van der Waals surface area contributed by atoms with Gasteiger partial charge in [0, 0.05) is 19.3 Å². The summed E-state index contributed by atoms with van der Waals surface area (Å²) >= 11 is 0. The van der Waals surface area contributed by atoms with Crippen molar-refractivity contribution in [3.8, 4) is 0 Å². The highest BCUT2D eigenvalue weighted by Gasteiger charge is 2.19. The number of esters is 3. The van der Waals surface area contributed by atoms with E-state index in [9.17, 15) is 14.4 Å². The fourth-order valence-corrected chi connectivity index (χ4v) is 6.91. The van der Waals surface area contributed by atoms with Gasteiger partial charge in [0.1, 0.15) is 13.2 Å². The van der Waals surface area contributed by atoms with Crippen molar-refractivity contribution in [3.05, 3.63) is 170 Å². The second-order valence-electron chi connectivity index (χ2n) is 18.1. The summed E-state index contributed by atoms with van der Waals surface area (Å²) in [6.07, 6.45) is 87.8. The normalized spacial score (nSPS) is 13.4. The molecule has 0 aromatic heterocycles. The zero-order valence-electron chi connectivity index (χ0n) is 46.3. The van der Waals surface area contributed by atoms with Gasteiger partial charge in [0.2, 0.25) is 0 Å². The van der Waals surface area contributed by atoms with Gasteiger partial charge in [-0.3, -0.25) is 14.4 Å². The third kappa shape index (κ3) is 57.5. The van der Waals surface area contributed by atoms with Gasteiger partial charge in [-0.05, 0) is 141 Å². The Bertz CT molecular complexity index is 1720. The van der Waals surface area contributed by atoms with E-state index in [2.05, 4.69) is 179 Å². The summed E-state index contributed by atoms with van der Waals surface area (Å²) in [6, 6.07) is 0. The number of rotatable bonds is 49. The second kappa shape index (κ2) is 59.3. The monoisotopic (exact) mass is 1000 g/mol. The van der Waals surface area contributed by atoms with Gasteiger partial charge in [0.05, 0.1) is 0 Å². The van der Waals surface area contributed by atoms with Crippen molar-refractivity contribution in [1.29, 1.82) is 0 Å². The van der Waals surface area contributed by atoms with Crippen LogP contribution in [-0.2, 0) is 28.6 Å². The summed E-state index contributed by atoms with van der Waals surface area (Å²) in [5.41, 5.74) is 0. The van der Waals surface area contributed by atoms with E-state index >= 15 is 0 Å². The van der Waals surface area contributed by atoms with Crippen molar-refractivity contribution in [2.45, 2.75) is 219 Å². The number of allylic oxidation sites excluding steroid dienone is 28. The molecular weight excluding hydrogens is 901 g/mol. The Balaban J connectivity index is 4.68. The van der Waals surface area contributed by atoms with Gasteiger partial charge < -0.3 is 14.2 Å². The molecular formula is C67H102O6. The number of ether oxygens (including phenoxy) is 3. The molecule has 0 aliphatic carbocycles. The molecule has 0 aromatic carbocycles. The van der Waals surface area contributed by atoms with Crippen LogP contribution in [0.25, 0.3) is 0 Å². The highest BCUT2D eigenvalue weighted by molar-refractivity contribution is 5.71. The molecule has 0 saturated carbocycles. The summed E-state index contributed by atoms with van der Waals surface area (Å²) in [5.74, 6) is -1.13. The summed E-state index contributed by atoms with van der Waals surface area (Å²) in [4.78, 5) is 38.1. The van der Waals surface area contributed by atoms with Gasteiger partial charge in [-0.2, -0.15) is 0 Å². The maximum absolute atomic E-state index is 12.8. The molecule has 0 N–H and O–H groups in total. The van der Waals surface area contributed by atoms with Crippen LogP contribution < -0.4 is 0 Å². The van der Waals surface area contributed by atoms with Crippen molar-refractivity contribution < 1.29 is 28.6 Å². The highest BCUT2D eigenvalue weighted by atomic mass is 16.6. The summed E-state index contributed by atoms with van der Waals surface area (Å²) < 4.78 is 16.7. The van der Waals surface area contributed by atoms with Crippen LogP contribution in [0.15, 0.2) is 170 Å². The first-order valence-corrected chi connectivity index (χ1v) is 28.6. The van der Waals surface area contributed by atoms with E-state index in [1.807, 2.05) is 12.2 Å². The van der Waals surface area contributed by atoms with Gasteiger partial charge in [0.15, 0.2) is 6.10 Å². The van der Waals surface area contributed by atoms with Gasteiger partial charge in [-0.25, -0.2) is 0 Å². The van der Waals surface area contributed by atoms with Crippen molar-refractivity contribution in [1.82, 2.24) is 0 Å². The average Bonchev–Trinajstić information content (AvgIpc) is 3.39. The number of unbranched alkanes of at least 4 members (excludes halogenated alkanes) is 10. The molecule has 0 spiro atoms. The Morgan fingerprint density at radius 1 is 0.288 bits per heavy atom. The molecule has 406 valence electrons. The molecule has 0 radical (unpaired) electrons. The van der Waals surface area contributed by atoms with Crippen LogP contribution in [-0.4, -0.2) is 37.2 Å². The standard InChI is InChI=1S/C67H102O6/c1-4-7-10-13-16-19-22-25-28-31-33-36-38-41-44-47-50-53-56-59-65(68)71-62-64(73-67(70)61-58-55-52-49-46-43-40-35-30-27-24-21-18-15-12-9-6-3)63-72-66(69)60-57-54-51-48-45-42-39-37-34-32-29-26-23-20-17-14-11-8-5-2/h9,12,16-21,25-30,33-34,36-37,40-45,49-50,52-53,64H,4-8,10-11,13-15,22-24,31-32,35,38-39,46-48,51,54-63H2,1-3H3/b12-9-,19-16-,20-17-,21-18-,28-25-,29-26-,30-27-,36-33-,37-34-,43-40-,44-41-,45-42-,52-49-,53-50-/t64-/m1/s1. The fraction of sp³-hybridized carbons (Fsp3) is 0.537. The molecule has 6 heteroatoms. The Labute approximate surface area is 447 Å². The minimum Gasteiger partial charge on any atom is -0.462 e. The lowest BCUT2D eigenvalue weighted by Crippen LogP contribution is -2.30. The van der Waals surface area contributed by atoms with Crippen molar-refractivity contribution in [2.24, 2.45) is 0 Å². The van der Waals surface area contributed by atoms with Crippen molar-refractivity contribution in [2.75, 3.05) is 13.2 Å². The van der Waals surface area contributed by atoms with Crippen LogP contribution in [0.2, 0.25) is 0 Å². The Morgan fingerprint density at radius 3 is 0.932 bits per heavy atom. The molecule has 1 atom stereocenters. The maximum atomic E-state index is 12.8. The van der Waals surface area contributed by atoms with Crippen LogP contribution in [0.4, 0.5) is 0 Å². The minimum atomic E-state index is -0.862. The van der Waals surface area contributed by atoms with E-state index in [1.165, 1.54) is 51.4 Å². The van der Waals surface area contributed by atoms with Crippen molar-refractivity contribution in [3.63, 3.8) is 0 Å². The maximum Gasteiger partial charge on any atom is 0.306 e. The minimum absolute atomic E-state index is 0.149. The smallest absolute Gasteiger partial charge is 0.306 e. The summed E-state index contributed by atoms with van der Waals surface area (Å²) in [7, 11) is 0. The van der Waals surface area contributed by atoms with Crippen LogP contribution in [0.1, 0.15) is 213 Å². The fourth-order valence-electron chi connectivity index (χ4n) is 6.91. The van der Waals surface area contributed by atoms with Gasteiger partial charge >= 0.3 is 17.9 Å². The Morgan fingerprint density at radius 2 is 0.575 bits per heavy atom. The van der Waals surface area contributed by atoms with Crippen LogP contribution in [0.3, 0.4) is 0 Å². The predicted octanol–water partition coefficient (Wildman–Crippen LogP) is 19.5. The zero-order chi connectivity index (χ0) is 52.9. The molecule has 0 heterocycles. The van der Waals surface area contributed by atoms with E-state index in [1.54, 1.807) is 0 Å². The van der Waals surface area contributed by atoms with E-state index in [4.69, 9.17) is 14.2 Å². The molecule has 6 nitrogen and oxygen atoms in total. The molecule has 0 aromatic rings. The summed E-state index contributed by atoms with van der Waals surface area (Å²) in [5, 5.41) is 0. The Kier molecular flexibility index (Phi) is 55.1. The number of hydrogen-bond donors (Lipinski definition) is 0. The first kappa shape index (κ1) is 67.8. The molecule has 0 aliphatic rings. The first-order chi connectivity index (χ1) is 36.0. The van der Waals surface area contributed by atoms with Gasteiger partial charge in [-0.1, -0.05) is 223 Å². The molecule has 0 bridgehead atoms. The summed E-state index contributed by atoms with van der Waals surface area (Å²) in [6.45, 7) is 6.31. The van der Waals surface area contributed by atoms with E-state index in [0.717, 1.165) is 109 Å². The third-order valence-corrected chi connectivity index (χ3v) is 11.2. The molecule has 0 unspecified atom stereocenters.